The van der Waals surface area contributed by atoms with E-state index >= 15 is 0 Å². The van der Waals surface area contributed by atoms with E-state index in [0.29, 0.717) is 24.3 Å². The van der Waals surface area contributed by atoms with Gasteiger partial charge in [-0.3, -0.25) is 9.10 Å². The van der Waals surface area contributed by atoms with Gasteiger partial charge in [-0.05, 0) is 24.3 Å². The van der Waals surface area contributed by atoms with Gasteiger partial charge in [0.05, 0.1) is 10.6 Å². The van der Waals surface area contributed by atoms with Gasteiger partial charge < -0.3 is 10.2 Å². The number of hydrogen-bond donors (Lipinski definition) is 1. The highest BCUT2D eigenvalue weighted by molar-refractivity contribution is 7.93. The predicted octanol–water partition coefficient (Wildman–Crippen LogP) is 3.11. The molecule has 0 spiro atoms. The largest absolute Gasteiger partial charge is 0.373 e. The molecule has 7 heteroatoms. The second-order valence-electron chi connectivity index (χ2n) is 7.13. The number of rotatable bonds is 6. The molecule has 0 aliphatic carbocycles. The lowest BCUT2D eigenvalue weighted by atomic mass is 10.0. The standard InChI is InChI=1S/C23H23N3O3S/c1-25(18-9-3-2-4-10-18)16-15-24-23(27)17-26-21-13-7-5-11-19(21)20-12-6-8-14-22(20)30(26,28)29/h2-14H,15-17H2,1H3,(H,24,27). The molecule has 1 heterocycles. The first-order valence-corrected chi connectivity index (χ1v) is 11.2. The van der Waals surface area contributed by atoms with Crippen LogP contribution in [-0.2, 0) is 14.8 Å². The van der Waals surface area contributed by atoms with Crippen molar-refractivity contribution in [1.29, 1.82) is 0 Å². The molecule has 0 saturated heterocycles. The van der Waals surface area contributed by atoms with Crippen molar-refractivity contribution in [2.75, 3.05) is 35.9 Å². The van der Waals surface area contributed by atoms with Crippen molar-refractivity contribution in [3.8, 4) is 11.1 Å². The Hall–Kier alpha value is -3.32. The summed E-state index contributed by atoms with van der Waals surface area (Å²) in [6, 6.07) is 24.0. The van der Waals surface area contributed by atoms with Crippen LogP contribution in [0, 0.1) is 0 Å². The normalized spacial score (nSPS) is 13.8. The van der Waals surface area contributed by atoms with Crippen LogP contribution in [0.1, 0.15) is 0 Å². The lowest BCUT2D eigenvalue weighted by molar-refractivity contribution is -0.119. The number of para-hydroxylation sites is 2. The molecule has 0 unspecified atom stereocenters. The number of amides is 1. The van der Waals surface area contributed by atoms with Crippen molar-refractivity contribution in [3.63, 3.8) is 0 Å². The molecule has 30 heavy (non-hydrogen) atoms. The van der Waals surface area contributed by atoms with E-state index in [9.17, 15) is 13.2 Å². The first-order valence-electron chi connectivity index (χ1n) is 9.72. The molecular weight excluding hydrogens is 398 g/mol. The average Bonchev–Trinajstić information content (AvgIpc) is 2.77. The van der Waals surface area contributed by atoms with Gasteiger partial charge in [0.2, 0.25) is 5.91 Å². The van der Waals surface area contributed by atoms with Gasteiger partial charge in [-0.25, -0.2) is 8.42 Å². The zero-order valence-corrected chi connectivity index (χ0v) is 17.5. The van der Waals surface area contributed by atoms with Gasteiger partial charge in [0.15, 0.2) is 0 Å². The van der Waals surface area contributed by atoms with Crippen LogP contribution in [-0.4, -0.2) is 41.0 Å². The summed E-state index contributed by atoms with van der Waals surface area (Å²) in [7, 11) is -1.87. The number of likely N-dealkylation sites (N-methyl/N-ethyl adjacent to an activating group) is 1. The Bertz CT molecular complexity index is 1160. The number of fused-ring (bicyclic) bond motifs is 3. The summed E-state index contributed by atoms with van der Waals surface area (Å²) in [4.78, 5) is 14.9. The molecule has 154 valence electrons. The van der Waals surface area contributed by atoms with Crippen molar-refractivity contribution >= 4 is 27.3 Å². The number of sulfonamides is 1. The van der Waals surface area contributed by atoms with Crippen molar-refractivity contribution in [1.82, 2.24) is 5.32 Å². The van der Waals surface area contributed by atoms with Crippen LogP contribution in [0.4, 0.5) is 11.4 Å². The molecule has 1 aliphatic rings. The van der Waals surface area contributed by atoms with Gasteiger partial charge >= 0.3 is 0 Å². The molecule has 0 radical (unpaired) electrons. The van der Waals surface area contributed by atoms with Crippen LogP contribution in [0.3, 0.4) is 0 Å². The zero-order chi connectivity index (χ0) is 21.1. The molecule has 0 fully saturated rings. The molecule has 0 bridgehead atoms. The van der Waals surface area contributed by atoms with Gasteiger partial charge in [-0.15, -0.1) is 0 Å². The van der Waals surface area contributed by atoms with E-state index < -0.39 is 10.0 Å². The van der Waals surface area contributed by atoms with Crippen LogP contribution >= 0.6 is 0 Å². The molecule has 3 aromatic carbocycles. The van der Waals surface area contributed by atoms with Gasteiger partial charge in [0.25, 0.3) is 10.0 Å². The van der Waals surface area contributed by atoms with Gasteiger partial charge in [0.1, 0.15) is 6.54 Å². The molecule has 1 aliphatic heterocycles. The number of benzene rings is 3. The molecule has 0 aromatic heterocycles. The van der Waals surface area contributed by atoms with Crippen LogP contribution in [0.2, 0.25) is 0 Å². The molecule has 0 atom stereocenters. The van der Waals surface area contributed by atoms with E-state index in [1.165, 1.54) is 4.31 Å². The molecule has 0 saturated carbocycles. The van der Waals surface area contributed by atoms with E-state index in [1.54, 1.807) is 30.3 Å². The fourth-order valence-electron chi connectivity index (χ4n) is 3.61. The predicted molar refractivity (Wildman–Crippen MR) is 119 cm³/mol. The minimum Gasteiger partial charge on any atom is -0.373 e. The van der Waals surface area contributed by atoms with Crippen molar-refractivity contribution in [3.05, 3.63) is 78.9 Å². The third-order valence-corrected chi connectivity index (χ3v) is 6.99. The molecule has 1 N–H and O–H groups in total. The summed E-state index contributed by atoms with van der Waals surface area (Å²) in [6.07, 6.45) is 0. The zero-order valence-electron chi connectivity index (χ0n) is 16.7. The second kappa shape index (κ2) is 8.20. The fourth-order valence-corrected chi connectivity index (χ4v) is 5.26. The maximum absolute atomic E-state index is 13.2. The third-order valence-electron chi connectivity index (χ3n) is 5.17. The van der Waals surface area contributed by atoms with Crippen LogP contribution < -0.4 is 14.5 Å². The highest BCUT2D eigenvalue weighted by Crippen LogP contribution is 2.42. The summed E-state index contributed by atoms with van der Waals surface area (Å²) < 4.78 is 27.6. The maximum atomic E-state index is 13.2. The Balaban J connectivity index is 1.48. The molecule has 1 amide bonds. The lowest BCUT2D eigenvalue weighted by Crippen LogP contribution is -2.44. The monoisotopic (exact) mass is 421 g/mol. The maximum Gasteiger partial charge on any atom is 0.265 e. The van der Waals surface area contributed by atoms with E-state index in [2.05, 4.69) is 5.32 Å². The van der Waals surface area contributed by atoms with Crippen molar-refractivity contribution < 1.29 is 13.2 Å². The number of nitrogens with one attached hydrogen (secondary N) is 1. The van der Waals surface area contributed by atoms with Crippen molar-refractivity contribution in [2.45, 2.75) is 4.90 Å². The average molecular weight is 422 g/mol. The first kappa shape index (κ1) is 20.0. The third kappa shape index (κ3) is 3.76. The second-order valence-corrected chi connectivity index (χ2v) is 8.96. The molecule has 3 aromatic rings. The SMILES string of the molecule is CN(CCNC(=O)CN1c2ccccc2-c2ccccc2S1(=O)=O)c1ccccc1. The number of hydrogen-bond acceptors (Lipinski definition) is 4. The minimum atomic E-state index is -3.81. The van der Waals surface area contributed by atoms with Crippen LogP contribution in [0.5, 0.6) is 0 Å². The first-order chi connectivity index (χ1) is 14.5. The topological polar surface area (TPSA) is 69.7 Å². The fraction of sp³-hybridized carbons (Fsp3) is 0.174. The van der Waals surface area contributed by atoms with Crippen molar-refractivity contribution in [2.24, 2.45) is 0 Å². The Morgan fingerprint density at radius 2 is 1.53 bits per heavy atom. The highest BCUT2D eigenvalue weighted by Gasteiger charge is 2.35. The minimum absolute atomic E-state index is 0.223. The van der Waals surface area contributed by atoms with E-state index in [0.717, 1.165) is 11.3 Å². The Morgan fingerprint density at radius 3 is 2.30 bits per heavy atom. The Labute approximate surface area is 176 Å². The summed E-state index contributed by atoms with van der Waals surface area (Å²) >= 11 is 0. The Morgan fingerprint density at radius 1 is 0.900 bits per heavy atom. The van der Waals surface area contributed by atoms with Gasteiger partial charge in [0, 0.05) is 37.0 Å². The number of nitrogens with zero attached hydrogens (tertiary/aromatic N) is 2. The summed E-state index contributed by atoms with van der Waals surface area (Å²) in [5.74, 6) is -0.339. The van der Waals surface area contributed by atoms with E-state index in [-0.39, 0.29) is 17.3 Å². The highest BCUT2D eigenvalue weighted by atomic mass is 32.2. The smallest absolute Gasteiger partial charge is 0.265 e. The lowest BCUT2D eigenvalue weighted by Gasteiger charge is -2.31. The summed E-state index contributed by atoms with van der Waals surface area (Å²) in [5.41, 5.74) is 3.04. The quantitative estimate of drug-likeness (QED) is 0.664. The molecule has 6 nitrogen and oxygen atoms in total. The molecular formula is C23H23N3O3S. The number of anilines is 2. The summed E-state index contributed by atoms with van der Waals surface area (Å²) in [6.45, 7) is 0.765. The van der Waals surface area contributed by atoms with Crippen LogP contribution in [0.15, 0.2) is 83.8 Å². The molecule has 4 rings (SSSR count). The Kier molecular flexibility index (Phi) is 5.46. The van der Waals surface area contributed by atoms with Crippen LogP contribution in [0.25, 0.3) is 11.1 Å². The number of carbonyl (C=O) groups excluding carboxylic acids is 1. The van der Waals surface area contributed by atoms with E-state index in [4.69, 9.17) is 0 Å². The van der Waals surface area contributed by atoms with Gasteiger partial charge in [-0.1, -0.05) is 54.6 Å². The van der Waals surface area contributed by atoms with Gasteiger partial charge in [-0.2, -0.15) is 0 Å². The number of carbonyl (C=O) groups is 1. The summed E-state index contributed by atoms with van der Waals surface area (Å²) in [5, 5.41) is 2.84. The van der Waals surface area contributed by atoms with E-state index in [1.807, 2.05) is 60.5 Å².